The zero-order chi connectivity index (χ0) is 13.9. The van der Waals surface area contributed by atoms with Gasteiger partial charge in [0.1, 0.15) is 5.65 Å². The van der Waals surface area contributed by atoms with Crippen LogP contribution in [-0.2, 0) is 6.42 Å². The number of nitrogens with zero attached hydrogens (tertiary/aromatic N) is 2. The number of hydrogen-bond donors (Lipinski definition) is 3. The SMILES string of the molecule is CC(C)(C)NC(N)=NCCc1c[nH]c2ncccc12. The molecule has 19 heavy (non-hydrogen) atoms. The van der Waals surface area contributed by atoms with Gasteiger partial charge >= 0.3 is 0 Å². The van der Waals surface area contributed by atoms with E-state index in [2.05, 4.69) is 47.1 Å². The quantitative estimate of drug-likeness (QED) is 0.581. The number of fused-ring (bicyclic) bond motifs is 1. The lowest BCUT2D eigenvalue weighted by Crippen LogP contribution is -2.45. The van der Waals surface area contributed by atoms with Crippen LogP contribution >= 0.6 is 0 Å². The van der Waals surface area contributed by atoms with Crippen molar-refractivity contribution in [2.75, 3.05) is 6.54 Å². The lowest BCUT2D eigenvalue weighted by atomic mass is 10.1. The van der Waals surface area contributed by atoms with E-state index in [9.17, 15) is 0 Å². The van der Waals surface area contributed by atoms with Crippen molar-refractivity contribution in [3.05, 3.63) is 30.1 Å². The average Bonchev–Trinajstić information content (AvgIpc) is 2.70. The van der Waals surface area contributed by atoms with E-state index in [1.54, 1.807) is 6.20 Å². The van der Waals surface area contributed by atoms with Gasteiger partial charge in [-0.3, -0.25) is 4.99 Å². The summed E-state index contributed by atoms with van der Waals surface area (Å²) in [5, 5.41) is 4.30. The highest BCUT2D eigenvalue weighted by atomic mass is 15.1. The Labute approximate surface area is 113 Å². The van der Waals surface area contributed by atoms with E-state index in [1.165, 1.54) is 5.56 Å². The number of nitrogens with two attached hydrogens (primary N) is 1. The van der Waals surface area contributed by atoms with Crippen LogP contribution in [0.3, 0.4) is 0 Å². The van der Waals surface area contributed by atoms with Crippen LogP contribution < -0.4 is 11.1 Å². The smallest absolute Gasteiger partial charge is 0.188 e. The maximum absolute atomic E-state index is 5.83. The molecule has 0 aliphatic rings. The first-order valence-corrected chi connectivity index (χ1v) is 6.45. The molecule has 0 amide bonds. The van der Waals surface area contributed by atoms with Crippen LogP contribution in [0.25, 0.3) is 11.0 Å². The fraction of sp³-hybridized carbons (Fsp3) is 0.429. The predicted octanol–water partition coefficient (Wildman–Crippen LogP) is 1.81. The molecular weight excluding hydrogens is 238 g/mol. The Balaban J connectivity index is 1.98. The summed E-state index contributed by atoms with van der Waals surface area (Å²) in [6.45, 7) is 6.83. The van der Waals surface area contributed by atoms with Crippen LogP contribution in [0.5, 0.6) is 0 Å². The van der Waals surface area contributed by atoms with E-state index in [-0.39, 0.29) is 5.54 Å². The lowest BCUT2D eigenvalue weighted by molar-refractivity contribution is 0.508. The van der Waals surface area contributed by atoms with E-state index in [0.29, 0.717) is 12.5 Å². The molecule has 0 radical (unpaired) electrons. The number of hydrogen-bond acceptors (Lipinski definition) is 2. The second-order valence-electron chi connectivity index (χ2n) is 5.61. The summed E-state index contributed by atoms with van der Waals surface area (Å²) in [7, 11) is 0. The van der Waals surface area contributed by atoms with Gasteiger partial charge in [-0.15, -0.1) is 0 Å². The number of rotatable bonds is 3. The molecule has 2 heterocycles. The average molecular weight is 259 g/mol. The van der Waals surface area contributed by atoms with Crippen LogP contribution in [0.4, 0.5) is 0 Å². The Morgan fingerprint density at radius 1 is 1.47 bits per heavy atom. The van der Waals surface area contributed by atoms with Crippen molar-refractivity contribution in [1.82, 2.24) is 15.3 Å². The Kier molecular flexibility index (Phi) is 3.74. The van der Waals surface area contributed by atoms with Gasteiger partial charge in [0.2, 0.25) is 0 Å². The number of aromatic nitrogens is 2. The normalized spacial score (nSPS) is 12.9. The van der Waals surface area contributed by atoms with Gasteiger partial charge in [0.05, 0.1) is 0 Å². The molecule has 5 nitrogen and oxygen atoms in total. The molecule has 0 aromatic carbocycles. The van der Waals surface area contributed by atoms with Crippen molar-refractivity contribution in [1.29, 1.82) is 0 Å². The number of aromatic amines is 1. The molecule has 2 aromatic rings. The summed E-state index contributed by atoms with van der Waals surface area (Å²) in [6.07, 6.45) is 4.62. The summed E-state index contributed by atoms with van der Waals surface area (Å²) < 4.78 is 0. The maximum Gasteiger partial charge on any atom is 0.188 e. The summed E-state index contributed by atoms with van der Waals surface area (Å²) in [5.41, 5.74) is 7.91. The number of pyridine rings is 1. The standard InChI is InChI=1S/C14H21N5/c1-14(2,3)19-13(15)17-8-6-10-9-18-12-11(10)5-4-7-16-12/h4-5,7,9H,6,8H2,1-3H3,(H,16,18)(H3,15,17,19). The molecule has 0 unspecified atom stereocenters. The Morgan fingerprint density at radius 3 is 3.00 bits per heavy atom. The molecule has 0 aliphatic carbocycles. The lowest BCUT2D eigenvalue weighted by Gasteiger charge is -2.20. The molecule has 0 fully saturated rings. The second-order valence-corrected chi connectivity index (χ2v) is 5.61. The van der Waals surface area contributed by atoms with Gasteiger partial charge in [-0.2, -0.15) is 0 Å². The number of nitrogens with one attached hydrogen (secondary N) is 2. The molecule has 0 atom stereocenters. The van der Waals surface area contributed by atoms with Crippen LogP contribution in [0.15, 0.2) is 29.5 Å². The summed E-state index contributed by atoms with van der Waals surface area (Å²) in [6, 6.07) is 4.01. The molecule has 0 aliphatic heterocycles. The first kappa shape index (κ1) is 13.4. The fourth-order valence-electron chi connectivity index (χ4n) is 1.94. The topological polar surface area (TPSA) is 79.1 Å². The molecule has 5 heteroatoms. The van der Waals surface area contributed by atoms with Crippen molar-refractivity contribution in [3.8, 4) is 0 Å². The van der Waals surface area contributed by atoms with Crippen molar-refractivity contribution >= 4 is 17.0 Å². The van der Waals surface area contributed by atoms with Crippen LogP contribution in [0, 0.1) is 0 Å². The molecular formula is C14H21N5. The van der Waals surface area contributed by atoms with E-state index in [1.807, 2.05) is 12.3 Å². The molecule has 2 rings (SSSR count). The largest absolute Gasteiger partial charge is 0.370 e. The van der Waals surface area contributed by atoms with Crippen molar-refractivity contribution in [2.45, 2.75) is 32.7 Å². The highest BCUT2D eigenvalue weighted by Gasteiger charge is 2.09. The Bertz CT molecular complexity index is 577. The van der Waals surface area contributed by atoms with E-state index < -0.39 is 0 Å². The number of guanidine groups is 1. The van der Waals surface area contributed by atoms with Crippen LogP contribution in [0.2, 0.25) is 0 Å². The highest BCUT2D eigenvalue weighted by molar-refractivity contribution is 5.80. The van der Waals surface area contributed by atoms with Gasteiger partial charge in [-0.05, 0) is 44.9 Å². The molecule has 0 bridgehead atoms. The zero-order valence-electron chi connectivity index (χ0n) is 11.7. The first-order chi connectivity index (χ1) is 8.96. The second kappa shape index (κ2) is 5.30. The third-order valence-corrected chi connectivity index (χ3v) is 2.70. The summed E-state index contributed by atoms with van der Waals surface area (Å²) in [4.78, 5) is 11.8. The van der Waals surface area contributed by atoms with Crippen LogP contribution in [0.1, 0.15) is 26.3 Å². The predicted molar refractivity (Wildman–Crippen MR) is 79.2 cm³/mol. The summed E-state index contributed by atoms with van der Waals surface area (Å²) >= 11 is 0. The third kappa shape index (κ3) is 3.71. The van der Waals surface area contributed by atoms with Crippen LogP contribution in [-0.4, -0.2) is 28.0 Å². The van der Waals surface area contributed by atoms with E-state index >= 15 is 0 Å². The van der Waals surface area contributed by atoms with Gasteiger partial charge in [0, 0.05) is 29.9 Å². The van der Waals surface area contributed by atoms with Crippen molar-refractivity contribution < 1.29 is 0 Å². The molecule has 0 saturated carbocycles. The van der Waals surface area contributed by atoms with Gasteiger partial charge in [-0.25, -0.2) is 4.98 Å². The molecule has 2 aromatic heterocycles. The van der Waals surface area contributed by atoms with E-state index in [4.69, 9.17) is 5.73 Å². The molecule has 4 N–H and O–H groups in total. The number of H-pyrrole nitrogens is 1. The van der Waals surface area contributed by atoms with Gasteiger partial charge in [-0.1, -0.05) is 0 Å². The fourth-order valence-corrected chi connectivity index (χ4v) is 1.94. The minimum absolute atomic E-state index is 0.0573. The minimum Gasteiger partial charge on any atom is -0.370 e. The number of aliphatic imine (C=N–C) groups is 1. The molecule has 0 saturated heterocycles. The van der Waals surface area contributed by atoms with Crippen molar-refractivity contribution in [3.63, 3.8) is 0 Å². The van der Waals surface area contributed by atoms with E-state index in [0.717, 1.165) is 17.5 Å². The van der Waals surface area contributed by atoms with Crippen molar-refractivity contribution in [2.24, 2.45) is 10.7 Å². The van der Waals surface area contributed by atoms with Gasteiger partial charge < -0.3 is 16.0 Å². The minimum atomic E-state index is -0.0573. The third-order valence-electron chi connectivity index (χ3n) is 2.70. The first-order valence-electron chi connectivity index (χ1n) is 6.45. The Morgan fingerprint density at radius 2 is 2.26 bits per heavy atom. The van der Waals surface area contributed by atoms with Gasteiger partial charge in [0.25, 0.3) is 0 Å². The Hall–Kier alpha value is -2.04. The molecule has 102 valence electrons. The highest BCUT2D eigenvalue weighted by Crippen LogP contribution is 2.15. The summed E-state index contributed by atoms with van der Waals surface area (Å²) in [5.74, 6) is 0.491. The molecule has 0 spiro atoms. The zero-order valence-corrected chi connectivity index (χ0v) is 11.7. The maximum atomic E-state index is 5.83. The monoisotopic (exact) mass is 259 g/mol. The van der Waals surface area contributed by atoms with Gasteiger partial charge in [0.15, 0.2) is 5.96 Å².